The topological polar surface area (TPSA) is 13.0 Å². The molecule has 0 N–H and O–H groups in total. The third-order valence-electron chi connectivity index (χ3n) is 9.31. The number of hydrogen-bond donors (Lipinski definition) is 0. The first-order valence-corrected chi connectivity index (χ1v) is 16.1. The second kappa shape index (κ2) is 11.1. The van der Waals surface area contributed by atoms with Gasteiger partial charge in [0, 0.05) is 22.7 Å². The highest BCUT2D eigenvalue weighted by Gasteiger charge is 2.52. The molecule has 8 rings (SSSR count). The summed E-state index contributed by atoms with van der Waals surface area (Å²) >= 11 is 0. The molecule has 226 valence electrons. The minimum Gasteiger partial charge on any atom is -0.314 e. The summed E-state index contributed by atoms with van der Waals surface area (Å²) in [6.45, 7) is 8.93. The van der Waals surface area contributed by atoms with Gasteiger partial charge in [-0.15, -0.1) is 0 Å². The Hall–Kier alpha value is -5.48. The van der Waals surface area contributed by atoms with E-state index in [0.717, 1.165) is 0 Å². The highest BCUT2D eigenvalue weighted by Crippen LogP contribution is 2.57. The summed E-state index contributed by atoms with van der Waals surface area (Å²) in [7, 11) is 0. The predicted octanol–water partition coefficient (Wildman–Crippen LogP) is 10.9. The van der Waals surface area contributed by atoms with Crippen LogP contribution < -0.4 is 19.6 Å². The average molecular weight is 599 g/mol. The summed E-state index contributed by atoms with van der Waals surface area (Å²) < 4.78 is 0. The normalized spacial score (nSPS) is 17.0. The van der Waals surface area contributed by atoms with Crippen LogP contribution in [0.15, 0.2) is 146 Å². The lowest BCUT2D eigenvalue weighted by Gasteiger charge is -2.44. The summed E-state index contributed by atoms with van der Waals surface area (Å²) in [4.78, 5) is 10.3. The summed E-state index contributed by atoms with van der Waals surface area (Å²) in [5.41, 5.74) is 14.7. The highest BCUT2D eigenvalue weighted by atomic mass is 15.5. The van der Waals surface area contributed by atoms with Crippen LogP contribution in [0.3, 0.4) is 0 Å². The largest absolute Gasteiger partial charge is 0.314 e. The smallest absolute Gasteiger partial charge is 0.151 e. The van der Waals surface area contributed by atoms with Gasteiger partial charge >= 0.3 is 0 Å². The molecule has 2 atom stereocenters. The molecule has 0 fully saturated rings. The Morgan fingerprint density at radius 2 is 0.630 bits per heavy atom. The Labute approximate surface area is 272 Å². The van der Waals surface area contributed by atoms with Gasteiger partial charge in [0.1, 0.15) is 0 Å². The van der Waals surface area contributed by atoms with Crippen LogP contribution in [-0.4, -0.2) is 12.3 Å². The number of hydrogen-bond acceptors (Lipinski definition) is 4. The summed E-state index contributed by atoms with van der Waals surface area (Å²) in [5.74, 6) is 0. The number of benzene rings is 6. The molecule has 2 aliphatic rings. The number of fused-ring (bicyclic) bond motifs is 2. The van der Waals surface area contributed by atoms with Crippen LogP contribution in [0, 0.1) is 27.7 Å². The van der Waals surface area contributed by atoms with Crippen LogP contribution in [0.4, 0.5) is 45.5 Å². The fourth-order valence-corrected chi connectivity index (χ4v) is 7.68. The van der Waals surface area contributed by atoms with Crippen molar-refractivity contribution in [1.82, 2.24) is 0 Å². The number of aryl methyl sites for hydroxylation is 4. The molecule has 0 saturated heterocycles. The Kier molecular flexibility index (Phi) is 6.79. The van der Waals surface area contributed by atoms with Crippen LogP contribution in [0.5, 0.6) is 0 Å². The van der Waals surface area contributed by atoms with Gasteiger partial charge in [0.25, 0.3) is 0 Å². The average Bonchev–Trinajstić information content (AvgIpc) is 3.59. The van der Waals surface area contributed by atoms with Crippen LogP contribution in [0.25, 0.3) is 0 Å². The summed E-state index contributed by atoms with van der Waals surface area (Å²) in [5, 5.41) is 0. The van der Waals surface area contributed by atoms with Crippen molar-refractivity contribution in [2.75, 3.05) is 19.6 Å². The van der Waals surface area contributed by atoms with E-state index in [0.29, 0.717) is 0 Å². The first kappa shape index (κ1) is 28.0. The lowest BCUT2D eigenvalue weighted by Crippen LogP contribution is -2.58. The van der Waals surface area contributed by atoms with Gasteiger partial charge in [0.05, 0.1) is 22.7 Å². The fraction of sp³-hybridized carbons (Fsp3) is 0.143. The van der Waals surface area contributed by atoms with Crippen molar-refractivity contribution in [2.45, 2.75) is 40.0 Å². The molecule has 46 heavy (non-hydrogen) atoms. The maximum atomic E-state index is 2.59. The second-order valence-corrected chi connectivity index (χ2v) is 12.5. The Bertz CT molecular complexity index is 1860. The van der Waals surface area contributed by atoms with Crippen molar-refractivity contribution in [3.05, 3.63) is 168 Å². The van der Waals surface area contributed by atoms with Crippen molar-refractivity contribution in [2.24, 2.45) is 0 Å². The molecular formula is C42H38N4. The number of para-hydroxylation sites is 4. The van der Waals surface area contributed by atoms with E-state index in [9.17, 15) is 0 Å². The Morgan fingerprint density at radius 3 is 0.935 bits per heavy atom. The van der Waals surface area contributed by atoms with E-state index in [1.54, 1.807) is 0 Å². The fourth-order valence-electron chi connectivity index (χ4n) is 7.68. The second-order valence-electron chi connectivity index (χ2n) is 12.5. The van der Waals surface area contributed by atoms with Crippen LogP contribution in [0.1, 0.15) is 22.3 Å². The quantitative estimate of drug-likeness (QED) is 0.196. The van der Waals surface area contributed by atoms with Crippen molar-refractivity contribution >= 4 is 45.5 Å². The Balaban J connectivity index is 1.48. The van der Waals surface area contributed by atoms with Crippen molar-refractivity contribution < 1.29 is 0 Å². The monoisotopic (exact) mass is 598 g/mol. The molecule has 0 radical (unpaired) electrons. The number of anilines is 8. The highest BCUT2D eigenvalue weighted by molar-refractivity contribution is 5.96. The van der Waals surface area contributed by atoms with Gasteiger partial charge in [-0.05, 0) is 111 Å². The van der Waals surface area contributed by atoms with Crippen LogP contribution in [-0.2, 0) is 0 Å². The number of rotatable bonds is 5. The summed E-state index contributed by atoms with van der Waals surface area (Å²) in [6.07, 6.45) is -0.291. The van der Waals surface area contributed by atoms with E-state index in [4.69, 9.17) is 0 Å². The van der Waals surface area contributed by atoms with Gasteiger partial charge in [0.15, 0.2) is 12.3 Å². The van der Waals surface area contributed by atoms with Crippen molar-refractivity contribution in [3.63, 3.8) is 0 Å². The SMILES string of the molecule is Cc1cc(C)c2c(c1)N(c1ccccc1)C(C1N(c3ccccc3)c3cc(C)cc(C)c3N1c1ccccc1)N2c1ccccc1. The molecule has 2 unspecified atom stereocenters. The zero-order chi connectivity index (χ0) is 31.4. The minimum atomic E-state index is -0.146. The first-order valence-electron chi connectivity index (χ1n) is 16.1. The zero-order valence-corrected chi connectivity index (χ0v) is 26.8. The molecule has 2 heterocycles. The first-order chi connectivity index (χ1) is 22.5. The molecular weight excluding hydrogens is 560 g/mol. The molecule has 0 aliphatic carbocycles. The van der Waals surface area contributed by atoms with E-state index >= 15 is 0 Å². The molecule has 6 aromatic rings. The van der Waals surface area contributed by atoms with E-state index in [1.165, 1.54) is 67.8 Å². The lowest BCUT2D eigenvalue weighted by atomic mass is 10.1. The van der Waals surface area contributed by atoms with Gasteiger partial charge in [-0.3, -0.25) is 0 Å². The van der Waals surface area contributed by atoms with Crippen LogP contribution in [0.2, 0.25) is 0 Å². The van der Waals surface area contributed by atoms with E-state index in [1.807, 2.05) is 0 Å². The maximum absolute atomic E-state index is 2.59. The molecule has 0 saturated carbocycles. The van der Waals surface area contributed by atoms with E-state index < -0.39 is 0 Å². The zero-order valence-electron chi connectivity index (χ0n) is 26.8. The molecule has 0 aromatic heterocycles. The molecule has 2 aliphatic heterocycles. The van der Waals surface area contributed by atoms with Gasteiger partial charge in [0.2, 0.25) is 0 Å². The van der Waals surface area contributed by atoms with E-state index in [2.05, 4.69) is 193 Å². The Morgan fingerprint density at radius 1 is 0.348 bits per heavy atom. The maximum Gasteiger partial charge on any atom is 0.151 e. The lowest BCUT2D eigenvalue weighted by molar-refractivity contribution is 0.549. The standard InChI is InChI=1S/C42H38N4/c1-29-25-31(3)39-37(27-29)43(33-17-9-5-10-18-33)41(45(39)35-21-13-7-14-22-35)42-44(34-19-11-6-12-20-34)38-28-30(2)26-32(4)40(38)46(42)36-23-15-8-16-24-36/h5-28,41-42H,1-4H3. The minimum absolute atomic E-state index is 0.146. The third kappa shape index (κ3) is 4.44. The van der Waals surface area contributed by atoms with Crippen molar-refractivity contribution in [3.8, 4) is 0 Å². The molecule has 4 nitrogen and oxygen atoms in total. The molecule has 6 aromatic carbocycles. The van der Waals surface area contributed by atoms with Gasteiger partial charge < -0.3 is 19.6 Å². The molecule has 0 bridgehead atoms. The van der Waals surface area contributed by atoms with Gasteiger partial charge in [-0.25, -0.2) is 0 Å². The van der Waals surface area contributed by atoms with Gasteiger partial charge in [-0.2, -0.15) is 0 Å². The van der Waals surface area contributed by atoms with Crippen molar-refractivity contribution in [1.29, 1.82) is 0 Å². The third-order valence-corrected chi connectivity index (χ3v) is 9.31. The summed E-state index contributed by atoms with van der Waals surface area (Å²) in [6, 6.07) is 53.0. The predicted molar refractivity (Wildman–Crippen MR) is 194 cm³/mol. The molecule has 0 amide bonds. The van der Waals surface area contributed by atoms with Crippen LogP contribution >= 0.6 is 0 Å². The molecule has 0 spiro atoms. The van der Waals surface area contributed by atoms with Gasteiger partial charge in [-0.1, -0.05) is 84.9 Å². The van der Waals surface area contributed by atoms with E-state index in [-0.39, 0.29) is 12.3 Å². The number of nitrogens with zero attached hydrogens (tertiary/aromatic N) is 4. The molecule has 4 heteroatoms.